The zero-order valence-electron chi connectivity index (χ0n) is 10.7. The van der Waals surface area contributed by atoms with E-state index in [-0.39, 0.29) is 6.10 Å². The standard InChI is InChI=1S/C15H17NO2/c1-12(2)17-11-13-7-6-10-15(16-13)18-14-8-4-3-5-9-14/h3-10,12H,11H2,1-2H3. The number of rotatable bonds is 5. The van der Waals surface area contributed by atoms with Crippen LogP contribution < -0.4 is 4.74 Å². The molecule has 0 bridgehead atoms. The van der Waals surface area contributed by atoms with Crippen LogP contribution in [-0.4, -0.2) is 11.1 Å². The molecular formula is C15H17NO2. The Morgan fingerprint density at radius 1 is 1.00 bits per heavy atom. The lowest BCUT2D eigenvalue weighted by Gasteiger charge is -2.08. The quantitative estimate of drug-likeness (QED) is 0.800. The van der Waals surface area contributed by atoms with Crippen LogP contribution in [0.4, 0.5) is 0 Å². The molecule has 18 heavy (non-hydrogen) atoms. The molecule has 0 unspecified atom stereocenters. The number of hydrogen-bond donors (Lipinski definition) is 0. The van der Waals surface area contributed by atoms with Gasteiger partial charge >= 0.3 is 0 Å². The second kappa shape index (κ2) is 6.17. The van der Waals surface area contributed by atoms with Crippen LogP contribution in [0.25, 0.3) is 0 Å². The van der Waals surface area contributed by atoms with Gasteiger partial charge in [0.25, 0.3) is 0 Å². The Labute approximate surface area is 107 Å². The summed E-state index contributed by atoms with van der Waals surface area (Å²) in [5.41, 5.74) is 0.872. The second-order valence-electron chi connectivity index (χ2n) is 4.24. The van der Waals surface area contributed by atoms with Crippen LogP contribution in [0.15, 0.2) is 48.5 Å². The second-order valence-corrected chi connectivity index (χ2v) is 4.24. The third kappa shape index (κ3) is 3.86. The molecule has 0 spiro atoms. The first-order chi connectivity index (χ1) is 8.74. The molecule has 0 atom stereocenters. The van der Waals surface area contributed by atoms with Gasteiger partial charge in [-0.2, -0.15) is 0 Å². The number of ether oxygens (including phenoxy) is 2. The molecule has 2 aromatic rings. The van der Waals surface area contributed by atoms with Gasteiger partial charge in [0.2, 0.25) is 5.88 Å². The van der Waals surface area contributed by atoms with Crippen LogP contribution in [0.1, 0.15) is 19.5 Å². The molecule has 0 aliphatic rings. The number of benzene rings is 1. The SMILES string of the molecule is CC(C)OCc1cccc(Oc2ccccc2)n1. The molecular weight excluding hydrogens is 226 g/mol. The van der Waals surface area contributed by atoms with Crippen LogP contribution in [0.3, 0.4) is 0 Å². The number of pyridine rings is 1. The molecule has 0 aliphatic carbocycles. The fourth-order valence-electron chi connectivity index (χ4n) is 1.46. The molecule has 1 aromatic heterocycles. The van der Waals surface area contributed by atoms with Crippen molar-refractivity contribution in [2.75, 3.05) is 0 Å². The van der Waals surface area contributed by atoms with Crippen LogP contribution in [-0.2, 0) is 11.3 Å². The summed E-state index contributed by atoms with van der Waals surface area (Å²) in [6.45, 7) is 4.51. The van der Waals surface area contributed by atoms with E-state index in [1.165, 1.54) is 0 Å². The van der Waals surface area contributed by atoms with Crippen LogP contribution >= 0.6 is 0 Å². The number of aromatic nitrogens is 1. The first kappa shape index (κ1) is 12.6. The minimum atomic E-state index is 0.200. The van der Waals surface area contributed by atoms with Crippen molar-refractivity contribution < 1.29 is 9.47 Å². The van der Waals surface area contributed by atoms with Gasteiger partial charge in [-0.25, -0.2) is 4.98 Å². The molecule has 2 rings (SSSR count). The van der Waals surface area contributed by atoms with Crippen molar-refractivity contribution in [3.05, 3.63) is 54.2 Å². The minimum absolute atomic E-state index is 0.200. The third-order valence-electron chi connectivity index (χ3n) is 2.31. The molecule has 1 heterocycles. The van der Waals surface area contributed by atoms with E-state index in [0.29, 0.717) is 12.5 Å². The van der Waals surface area contributed by atoms with Crippen LogP contribution in [0, 0.1) is 0 Å². The van der Waals surface area contributed by atoms with Crippen molar-refractivity contribution in [2.45, 2.75) is 26.6 Å². The predicted octanol–water partition coefficient (Wildman–Crippen LogP) is 3.80. The van der Waals surface area contributed by atoms with E-state index in [1.807, 2.05) is 62.4 Å². The van der Waals surface area contributed by atoms with E-state index >= 15 is 0 Å². The van der Waals surface area contributed by atoms with Crippen molar-refractivity contribution in [1.82, 2.24) is 4.98 Å². The number of nitrogens with zero attached hydrogens (tertiary/aromatic N) is 1. The number of para-hydroxylation sites is 1. The average molecular weight is 243 g/mol. The van der Waals surface area contributed by atoms with E-state index in [4.69, 9.17) is 9.47 Å². The maximum absolute atomic E-state index is 5.66. The molecule has 0 fully saturated rings. The molecule has 0 saturated heterocycles. The van der Waals surface area contributed by atoms with Gasteiger partial charge in [0, 0.05) is 6.07 Å². The highest BCUT2D eigenvalue weighted by atomic mass is 16.5. The molecule has 3 heteroatoms. The highest BCUT2D eigenvalue weighted by Gasteiger charge is 2.01. The molecule has 0 saturated carbocycles. The highest BCUT2D eigenvalue weighted by molar-refractivity contribution is 5.27. The fourth-order valence-corrected chi connectivity index (χ4v) is 1.46. The molecule has 0 aliphatic heterocycles. The van der Waals surface area contributed by atoms with Crippen molar-refractivity contribution in [3.63, 3.8) is 0 Å². The maximum atomic E-state index is 5.66. The molecule has 94 valence electrons. The summed E-state index contributed by atoms with van der Waals surface area (Å²) in [4.78, 5) is 4.39. The Balaban J connectivity index is 2.03. The molecule has 3 nitrogen and oxygen atoms in total. The van der Waals surface area contributed by atoms with E-state index in [2.05, 4.69) is 4.98 Å². The lowest BCUT2D eigenvalue weighted by molar-refractivity contribution is 0.0633. The first-order valence-corrected chi connectivity index (χ1v) is 6.04. The van der Waals surface area contributed by atoms with E-state index < -0.39 is 0 Å². The van der Waals surface area contributed by atoms with Crippen LogP contribution in [0.5, 0.6) is 11.6 Å². The summed E-state index contributed by atoms with van der Waals surface area (Å²) < 4.78 is 11.2. The monoisotopic (exact) mass is 243 g/mol. The summed E-state index contributed by atoms with van der Waals surface area (Å²) >= 11 is 0. The Bertz CT molecular complexity index is 483. The molecule has 0 radical (unpaired) electrons. The first-order valence-electron chi connectivity index (χ1n) is 6.04. The van der Waals surface area contributed by atoms with Gasteiger partial charge in [-0.05, 0) is 32.0 Å². The Morgan fingerprint density at radius 3 is 2.50 bits per heavy atom. The van der Waals surface area contributed by atoms with Crippen LogP contribution in [0.2, 0.25) is 0 Å². The normalized spacial score (nSPS) is 10.6. The largest absolute Gasteiger partial charge is 0.439 e. The van der Waals surface area contributed by atoms with Crippen molar-refractivity contribution in [3.8, 4) is 11.6 Å². The molecule has 0 amide bonds. The Kier molecular flexibility index (Phi) is 4.31. The molecule has 0 N–H and O–H groups in total. The summed E-state index contributed by atoms with van der Waals surface area (Å²) in [5, 5.41) is 0. The van der Waals surface area contributed by atoms with Gasteiger partial charge in [0.05, 0.1) is 18.4 Å². The Hall–Kier alpha value is -1.87. The zero-order chi connectivity index (χ0) is 12.8. The van der Waals surface area contributed by atoms with Gasteiger partial charge in [-0.1, -0.05) is 24.3 Å². The predicted molar refractivity (Wildman–Crippen MR) is 70.7 cm³/mol. The zero-order valence-corrected chi connectivity index (χ0v) is 10.7. The highest BCUT2D eigenvalue weighted by Crippen LogP contribution is 2.18. The van der Waals surface area contributed by atoms with Gasteiger partial charge < -0.3 is 9.47 Å². The van der Waals surface area contributed by atoms with Crippen molar-refractivity contribution >= 4 is 0 Å². The van der Waals surface area contributed by atoms with E-state index in [0.717, 1.165) is 11.4 Å². The third-order valence-corrected chi connectivity index (χ3v) is 2.31. The number of hydrogen-bond acceptors (Lipinski definition) is 3. The van der Waals surface area contributed by atoms with E-state index in [1.54, 1.807) is 0 Å². The van der Waals surface area contributed by atoms with Gasteiger partial charge in [-0.15, -0.1) is 0 Å². The van der Waals surface area contributed by atoms with Gasteiger partial charge in [0.1, 0.15) is 5.75 Å². The molecule has 1 aromatic carbocycles. The summed E-state index contributed by atoms with van der Waals surface area (Å²) in [5.74, 6) is 1.37. The van der Waals surface area contributed by atoms with Gasteiger partial charge in [0.15, 0.2) is 0 Å². The minimum Gasteiger partial charge on any atom is -0.439 e. The summed E-state index contributed by atoms with van der Waals surface area (Å²) in [6.07, 6.45) is 0.200. The lowest BCUT2D eigenvalue weighted by Crippen LogP contribution is -2.03. The van der Waals surface area contributed by atoms with Crippen molar-refractivity contribution in [2.24, 2.45) is 0 Å². The maximum Gasteiger partial charge on any atom is 0.219 e. The van der Waals surface area contributed by atoms with E-state index in [9.17, 15) is 0 Å². The summed E-state index contributed by atoms with van der Waals surface area (Å²) in [7, 11) is 0. The lowest BCUT2D eigenvalue weighted by atomic mass is 10.3. The smallest absolute Gasteiger partial charge is 0.219 e. The average Bonchev–Trinajstić information content (AvgIpc) is 2.38. The van der Waals surface area contributed by atoms with Gasteiger partial charge in [-0.3, -0.25) is 0 Å². The van der Waals surface area contributed by atoms with Crippen molar-refractivity contribution in [1.29, 1.82) is 0 Å². The summed E-state index contributed by atoms with van der Waals surface area (Å²) in [6, 6.07) is 15.3. The Morgan fingerprint density at radius 2 is 1.78 bits per heavy atom. The fraction of sp³-hybridized carbons (Fsp3) is 0.267. The topological polar surface area (TPSA) is 31.4 Å².